The number of aliphatic hydroxyl groups excluding tert-OH is 1. The molecule has 2 aromatic carbocycles. The molecule has 2 aliphatic rings. The lowest BCUT2D eigenvalue weighted by atomic mass is 9.86. The number of hydrogen-bond donors (Lipinski definition) is 1. The molecule has 0 bridgehead atoms. The van der Waals surface area contributed by atoms with Gasteiger partial charge in [0.25, 0.3) is 0 Å². The third-order valence-electron chi connectivity index (χ3n) is 5.10. The largest absolute Gasteiger partial charge is 0.493 e. The van der Waals surface area contributed by atoms with E-state index in [0.717, 1.165) is 24.0 Å². The Morgan fingerprint density at radius 1 is 1.24 bits per heavy atom. The van der Waals surface area contributed by atoms with Gasteiger partial charge >= 0.3 is 0 Å². The lowest BCUT2D eigenvalue weighted by molar-refractivity contribution is -0.133. The van der Waals surface area contributed by atoms with Crippen LogP contribution in [0.4, 0.5) is 0 Å². The SMILES string of the molecule is COc1cccc2c1Oc1ccccc1[C@H]2C(=O)N1CCC[C@H]1CO. The highest BCUT2D eigenvalue weighted by Crippen LogP contribution is 2.49. The molecule has 1 amide bonds. The number of fused-ring (bicyclic) bond motifs is 2. The van der Waals surface area contributed by atoms with Gasteiger partial charge in [-0.15, -0.1) is 0 Å². The van der Waals surface area contributed by atoms with E-state index in [9.17, 15) is 9.90 Å². The Balaban J connectivity index is 1.83. The number of hydrogen-bond acceptors (Lipinski definition) is 4. The van der Waals surface area contributed by atoms with Gasteiger partial charge in [0.2, 0.25) is 5.91 Å². The molecule has 130 valence electrons. The summed E-state index contributed by atoms with van der Waals surface area (Å²) in [6, 6.07) is 13.2. The van der Waals surface area contributed by atoms with E-state index in [2.05, 4.69) is 0 Å². The number of benzene rings is 2. The minimum Gasteiger partial charge on any atom is -0.493 e. The molecule has 2 aliphatic heterocycles. The van der Waals surface area contributed by atoms with Crippen LogP contribution in [-0.4, -0.2) is 42.2 Å². The van der Waals surface area contributed by atoms with Crippen LogP contribution >= 0.6 is 0 Å². The van der Waals surface area contributed by atoms with Crippen LogP contribution in [0.3, 0.4) is 0 Å². The fourth-order valence-electron chi connectivity index (χ4n) is 3.87. The van der Waals surface area contributed by atoms with Crippen molar-refractivity contribution in [3.05, 3.63) is 53.6 Å². The summed E-state index contributed by atoms with van der Waals surface area (Å²) in [6.45, 7) is 0.685. The van der Waals surface area contributed by atoms with Crippen molar-refractivity contribution in [1.82, 2.24) is 4.90 Å². The monoisotopic (exact) mass is 339 g/mol. The second kappa shape index (κ2) is 6.41. The summed E-state index contributed by atoms with van der Waals surface area (Å²) in [4.78, 5) is 15.2. The molecule has 4 rings (SSSR count). The Labute approximate surface area is 146 Å². The Kier molecular flexibility index (Phi) is 4.09. The van der Waals surface area contributed by atoms with Crippen LogP contribution in [0.1, 0.15) is 29.9 Å². The molecule has 1 saturated heterocycles. The number of aliphatic hydroxyl groups is 1. The number of rotatable bonds is 3. The number of ether oxygens (including phenoxy) is 2. The van der Waals surface area contributed by atoms with Gasteiger partial charge in [-0.05, 0) is 25.0 Å². The predicted octanol–water partition coefficient (Wildman–Crippen LogP) is 2.92. The maximum atomic E-state index is 13.4. The summed E-state index contributed by atoms with van der Waals surface area (Å²) in [5.41, 5.74) is 1.67. The third-order valence-corrected chi connectivity index (χ3v) is 5.10. The molecule has 25 heavy (non-hydrogen) atoms. The van der Waals surface area contributed by atoms with E-state index in [4.69, 9.17) is 9.47 Å². The van der Waals surface area contributed by atoms with Gasteiger partial charge in [0.05, 0.1) is 25.7 Å². The molecular formula is C20H21NO4. The zero-order chi connectivity index (χ0) is 17.4. The summed E-state index contributed by atoms with van der Waals surface area (Å²) in [7, 11) is 1.60. The van der Waals surface area contributed by atoms with E-state index in [1.54, 1.807) is 7.11 Å². The fourth-order valence-corrected chi connectivity index (χ4v) is 3.87. The van der Waals surface area contributed by atoms with Gasteiger partial charge in [0.1, 0.15) is 5.75 Å². The first-order valence-corrected chi connectivity index (χ1v) is 8.59. The number of likely N-dealkylation sites (tertiary alicyclic amines) is 1. The van der Waals surface area contributed by atoms with Gasteiger partial charge in [0, 0.05) is 17.7 Å². The molecule has 0 saturated carbocycles. The van der Waals surface area contributed by atoms with Gasteiger partial charge in [-0.2, -0.15) is 0 Å². The standard InChI is InChI=1S/C20H21NO4/c1-24-17-10-4-8-15-18(20(23)21-11-5-6-13(21)12-22)14-7-2-3-9-16(14)25-19(15)17/h2-4,7-10,13,18,22H,5-6,11-12H2,1H3/t13-,18+/m0/s1. The first-order valence-electron chi connectivity index (χ1n) is 8.59. The molecule has 1 fully saturated rings. The smallest absolute Gasteiger partial charge is 0.235 e. The van der Waals surface area contributed by atoms with Crippen LogP contribution in [0.2, 0.25) is 0 Å². The molecular weight excluding hydrogens is 318 g/mol. The molecule has 0 radical (unpaired) electrons. The summed E-state index contributed by atoms with van der Waals surface area (Å²) in [6.07, 6.45) is 1.77. The van der Waals surface area contributed by atoms with Crippen LogP contribution in [-0.2, 0) is 4.79 Å². The third kappa shape index (κ3) is 2.55. The van der Waals surface area contributed by atoms with Crippen LogP contribution in [0.5, 0.6) is 17.2 Å². The van der Waals surface area contributed by atoms with E-state index >= 15 is 0 Å². The van der Waals surface area contributed by atoms with Gasteiger partial charge in [0.15, 0.2) is 11.5 Å². The average Bonchev–Trinajstić information content (AvgIpc) is 3.14. The average molecular weight is 339 g/mol. The van der Waals surface area contributed by atoms with Crippen molar-refractivity contribution >= 4 is 5.91 Å². The first kappa shape index (κ1) is 16.0. The van der Waals surface area contributed by atoms with Crippen molar-refractivity contribution in [2.45, 2.75) is 24.8 Å². The Morgan fingerprint density at radius 2 is 2.04 bits per heavy atom. The van der Waals surface area contributed by atoms with E-state index in [1.807, 2.05) is 47.4 Å². The predicted molar refractivity (Wildman–Crippen MR) is 93.2 cm³/mol. The lowest BCUT2D eigenvalue weighted by Gasteiger charge is -2.33. The van der Waals surface area contributed by atoms with Gasteiger partial charge < -0.3 is 19.5 Å². The number of carbonyl (C=O) groups is 1. The highest BCUT2D eigenvalue weighted by atomic mass is 16.5. The van der Waals surface area contributed by atoms with Gasteiger partial charge in [-0.25, -0.2) is 0 Å². The van der Waals surface area contributed by atoms with Gasteiger partial charge in [-0.3, -0.25) is 4.79 Å². The van der Waals surface area contributed by atoms with Crippen molar-refractivity contribution in [3.8, 4) is 17.2 Å². The normalized spacial score (nSPS) is 21.3. The van der Waals surface area contributed by atoms with Crippen molar-refractivity contribution in [2.24, 2.45) is 0 Å². The van der Waals surface area contributed by atoms with Gasteiger partial charge in [-0.1, -0.05) is 30.3 Å². The minimum atomic E-state index is -0.442. The molecule has 2 heterocycles. The molecule has 1 N–H and O–H groups in total. The van der Waals surface area contributed by atoms with E-state index in [-0.39, 0.29) is 18.6 Å². The Bertz CT molecular complexity index is 804. The molecule has 2 aromatic rings. The van der Waals surface area contributed by atoms with Crippen LogP contribution in [0.15, 0.2) is 42.5 Å². The quantitative estimate of drug-likeness (QED) is 0.934. The van der Waals surface area contributed by atoms with E-state index in [1.165, 1.54) is 0 Å². The van der Waals surface area contributed by atoms with Crippen molar-refractivity contribution in [2.75, 3.05) is 20.3 Å². The highest BCUT2D eigenvalue weighted by Gasteiger charge is 2.39. The number of nitrogens with zero attached hydrogens (tertiary/aromatic N) is 1. The first-order chi connectivity index (χ1) is 12.2. The molecule has 5 heteroatoms. The molecule has 5 nitrogen and oxygen atoms in total. The van der Waals surface area contributed by atoms with E-state index in [0.29, 0.717) is 23.8 Å². The topological polar surface area (TPSA) is 59.0 Å². The fraction of sp³-hybridized carbons (Fsp3) is 0.350. The number of para-hydroxylation sites is 2. The molecule has 0 aliphatic carbocycles. The minimum absolute atomic E-state index is 0.00156. The maximum absolute atomic E-state index is 13.4. The summed E-state index contributed by atoms with van der Waals surface area (Å²) < 4.78 is 11.5. The maximum Gasteiger partial charge on any atom is 0.235 e. The Morgan fingerprint density at radius 3 is 2.84 bits per heavy atom. The van der Waals surface area contributed by atoms with Crippen molar-refractivity contribution < 1.29 is 19.4 Å². The number of amides is 1. The number of methoxy groups -OCH3 is 1. The van der Waals surface area contributed by atoms with Crippen molar-refractivity contribution in [1.29, 1.82) is 0 Å². The Hall–Kier alpha value is -2.53. The van der Waals surface area contributed by atoms with E-state index < -0.39 is 5.92 Å². The zero-order valence-electron chi connectivity index (χ0n) is 14.1. The molecule has 0 unspecified atom stereocenters. The summed E-state index contributed by atoms with van der Waals surface area (Å²) >= 11 is 0. The summed E-state index contributed by atoms with van der Waals surface area (Å²) in [5, 5.41) is 9.62. The molecule has 0 spiro atoms. The summed E-state index contributed by atoms with van der Waals surface area (Å²) in [5.74, 6) is 1.47. The van der Waals surface area contributed by atoms with Crippen LogP contribution in [0, 0.1) is 0 Å². The van der Waals surface area contributed by atoms with Crippen LogP contribution < -0.4 is 9.47 Å². The number of carbonyl (C=O) groups excluding carboxylic acids is 1. The van der Waals surface area contributed by atoms with Crippen LogP contribution in [0.25, 0.3) is 0 Å². The molecule has 0 aromatic heterocycles. The lowest BCUT2D eigenvalue weighted by Crippen LogP contribution is -2.41. The molecule has 2 atom stereocenters. The second-order valence-corrected chi connectivity index (χ2v) is 6.46. The second-order valence-electron chi connectivity index (χ2n) is 6.46. The van der Waals surface area contributed by atoms with Crippen molar-refractivity contribution in [3.63, 3.8) is 0 Å². The highest BCUT2D eigenvalue weighted by molar-refractivity contribution is 5.90. The zero-order valence-corrected chi connectivity index (χ0v) is 14.1.